The van der Waals surface area contributed by atoms with Gasteiger partial charge < -0.3 is 4.43 Å². The van der Waals surface area contributed by atoms with Gasteiger partial charge in [0, 0.05) is 6.61 Å². The molecule has 0 saturated heterocycles. The molecule has 0 heterocycles. The average molecular weight is 343 g/mol. The van der Waals surface area contributed by atoms with Crippen LogP contribution in [-0.4, -0.2) is 21.2 Å². The van der Waals surface area contributed by atoms with Crippen LogP contribution < -0.4 is 0 Å². The molecule has 0 unspecified atom stereocenters. The van der Waals surface area contributed by atoms with Crippen LogP contribution in [0.4, 0.5) is 8.78 Å². The van der Waals surface area contributed by atoms with Crippen molar-refractivity contribution in [3.8, 4) is 0 Å². The van der Waals surface area contributed by atoms with Crippen molar-refractivity contribution in [2.75, 3.05) is 6.61 Å². The van der Waals surface area contributed by atoms with Crippen LogP contribution in [0.2, 0.25) is 18.1 Å². The summed E-state index contributed by atoms with van der Waals surface area (Å²) >= 11 is 0. The molecule has 0 bridgehead atoms. The van der Waals surface area contributed by atoms with Crippen molar-refractivity contribution in [3.63, 3.8) is 0 Å². The molecule has 1 aromatic rings. The minimum Gasteiger partial charge on any atom is -0.416 e. The van der Waals surface area contributed by atoms with Crippen molar-refractivity contribution >= 4 is 14.6 Å². The van der Waals surface area contributed by atoms with Gasteiger partial charge in [-0.05, 0) is 42.2 Å². The topological polar surface area (TPSA) is 26.3 Å². The third-order valence-corrected chi connectivity index (χ3v) is 9.22. The van der Waals surface area contributed by atoms with Crippen LogP contribution in [-0.2, 0) is 10.8 Å². The predicted octanol–water partition coefficient (Wildman–Crippen LogP) is 5.51. The molecular weight excluding hydrogens is 314 g/mol. The van der Waals surface area contributed by atoms with Gasteiger partial charge >= 0.3 is 0 Å². The Bertz CT molecular complexity index is 466. The zero-order valence-electron chi connectivity index (χ0n) is 14.5. The van der Waals surface area contributed by atoms with E-state index < -0.39 is 25.5 Å². The fraction of sp³-hybridized carbons (Fsp3) is 0.611. The molecule has 0 aromatic heterocycles. The Morgan fingerprint density at radius 1 is 1.00 bits per heavy atom. The van der Waals surface area contributed by atoms with Crippen molar-refractivity contribution in [1.29, 1.82) is 0 Å². The van der Waals surface area contributed by atoms with E-state index in [1.165, 1.54) is 12.1 Å². The van der Waals surface area contributed by atoms with E-state index in [-0.39, 0.29) is 6.29 Å². The summed E-state index contributed by atoms with van der Waals surface area (Å²) in [6.45, 7) is 7.03. The van der Waals surface area contributed by atoms with Crippen LogP contribution >= 0.6 is 0 Å². The monoisotopic (exact) mass is 342 g/mol. The Morgan fingerprint density at radius 3 is 1.87 bits per heavy atom. The van der Waals surface area contributed by atoms with E-state index in [2.05, 4.69) is 20.8 Å². The SMILES string of the molecule is CCC[Si](CCC)(CCC)OCCc1cc(F)c(C=O)c(F)c1. The second-order valence-electron chi connectivity index (χ2n) is 6.12. The van der Waals surface area contributed by atoms with Crippen LogP contribution in [0.3, 0.4) is 0 Å². The van der Waals surface area contributed by atoms with Crippen molar-refractivity contribution < 1.29 is 18.0 Å². The Kier molecular flexibility index (Phi) is 8.62. The van der Waals surface area contributed by atoms with E-state index in [1.807, 2.05) is 0 Å². The van der Waals surface area contributed by atoms with Gasteiger partial charge in [0.15, 0.2) is 14.6 Å². The Balaban J connectivity index is 2.74. The lowest BCUT2D eigenvalue weighted by Crippen LogP contribution is -2.38. The second-order valence-corrected chi connectivity index (χ2v) is 10.3. The summed E-state index contributed by atoms with van der Waals surface area (Å²) in [6.07, 6.45) is 4.03. The predicted molar refractivity (Wildman–Crippen MR) is 92.4 cm³/mol. The number of carbonyl (C=O) groups excluding carboxylic acids is 1. The van der Waals surface area contributed by atoms with E-state index in [9.17, 15) is 13.6 Å². The molecule has 1 aromatic carbocycles. The molecule has 0 N–H and O–H groups in total. The van der Waals surface area contributed by atoms with Gasteiger partial charge in [-0.25, -0.2) is 8.78 Å². The molecule has 0 radical (unpaired) electrons. The van der Waals surface area contributed by atoms with E-state index >= 15 is 0 Å². The highest BCUT2D eigenvalue weighted by molar-refractivity contribution is 6.73. The number of hydrogen-bond acceptors (Lipinski definition) is 2. The maximum atomic E-state index is 13.6. The lowest BCUT2D eigenvalue weighted by molar-refractivity contribution is 0.111. The molecule has 5 heteroatoms. The molecular formula is C18H28F2O2Si. The van der Waals surface area contributed by atoms with E-state index in [1.54, 1.807) is 0 Å². The molecule has 130 valence electrons. The van der Waals surface area contributed by atoms with E-state index in [0.717, 1.165) is 37.4 Å². The van der Waals surface area contributed by atoms with Gasteiger partial charge in [0.1, 0.15) is 11.6 Å². The fourth-order valence-electron chi connectivity index (χ4n) is 3.24. The molecule has 0 saturated carbocycles. The van der Waals surface area contributed by atoms with Crippen molar-refractivity contribution in [2.45, 2.75) is 64.6 Å². The normalized spacial score (nSPS) is 11.7. The number of carbonyl (C=O) groups is 1. The fourth-order valence-corrected chi connectivity index (χ4v) is 7.69. The van der Waals surface area contributed by atoms with Gasteiger partial charge in [0.2, 0.25) is 0 Å². The van der Waals surface area contributed by atoms with Crippen LogP contribution in [0.1, 0.15) is 56.0 Å². The summed E-state index contributed by atoms with van der Waals surface area (Å²) in [5.41, 5.74) is 0.0411. The van der Waals surface area contributed by atoms with Crippen LogP contribution in [0.25, 0.3) is 0 Å². The molecule has 23 heavy (non-hydrogen) atoms. The van der Waals surface area contributed by atoms with Crippen LogP contribution in [0, 0.1) is 11.6 Å². The number of halogens is 2. The highest BCUT2D eigenvalue weighted by atomic mass is 28.4. The first kappa shape index (κ1) is 20.0. The molecule has 0 amide bonds. The summed E-state index contributed by atoms with van der Waals surface area (Å²) in [5.74, 6) is -1.59. The third-order valence-electron chi connectivity index (χ3n) is 4.17. The largest absolute Gasteiger partial charge is 0.416 e. The standard InChI is InChI=1S/C18H28F2O2Si/c1-4-9-23(10-5-2,11-6-3)22-8-7-15-12-17(19)16(14-21)18(20)13-15/h12-14H,4-11H2,1-3H3. The van der Waals surface area contributed by atoms with Crippen molar-refractivity contribution in [3.05, 3.63) is 34.9 Å². The smallest absolute Gasteiger partial charge is 0.192 e. The first-order valence-corrected chi connectivity index (χ1v) is 11.1. The lowest BCUT2D eigenvalue weighted by Gasteiger charge is -2.31. The highest BCUT2D eigenvalue weighted by Gasteiger charge is 2.31. The van der Waals surface area contributed by atoms with Gasteiger partial charge in [0.05, 0.1) is 5.56 Å². The second kappa shape index (κ2) is 9.93. The summed E-state index contributed by atoms with van der Waals surface area (Å²) in [5, 5.41) is 0. The number of hydrogen-bond donors (Lipinski definition) is 0. The molecule has 0 aliphatic carbocycles. The lowest BCUT2D eigenvalue weighted by atomic mass is 10.1. The Morgan fingerprint density at radius 2 is 1.48 bits per heavy atom. The summed E-state index contributed by atoms with van der Waals surface area (Å²) < 4.78 is 33.6. The van der Waals surface area contributed by atoms with Gasteiger partial charge in [-0.2, -0.15) is 0 Å². The summed E-state index contributed by atoms with van der Waals surface area (Å²) in [4.78, 5) is 10.6. The molecule has 0 aliphatic rings. The number of benzene rings is 1. The van der Waals surface area contributed by atoms with Gasteiger partial charge in [-0.1, -0.05) is 40.0 Å². The Hall–Kier alpha value is -1.07. The highest BCUT2D eigenvalue weighted by Crippen LogP contribution is 2.27. The summed E-state index contributed by atoms with van der Waals surface area (Å²) in [6, 6.07) is 5.89. The first-order chi connectivity index (χ1) is 11.0. The maximum absolute atomic E-state index is 13.6. The minimum absolute atomic E-state index is 0.215. The molecule has 0 atom stereocenters. The number of aldehydes is 1. The average Bonchev–Trinajstić information content (AvgIpc) is 2.48. The van der Waals surface area contributed by atoms with Gasteiger partial charge in [-0.3, -0.25) is 4.79 Å². The maximum Gasteiger partial charge on any atom is 0.192 e. The van der Waals surface area contributed by atoms with E-state index in [0.29, 0.717) is 18.6 Å². The molecule has 1 rings (SSSR count). The van der Waals surface area contributed by atoms with Gasteiger partial charge in [-0.15, -0.1) is 0 Å². The quantitative estimate of drug-likeness (QED) is 0.391. The number of rotatable bonds is 11. The van der Waals surface area contributed by atoms with Gasteiger partial charge in [0.25, 0.3) is 0 Å². The molecule has 0 aliphatic heterocycles. The third kappa shape index (κ3) is 5.81. The molecule has 0 spiro atoms. The molecule has 0 fully saturated rings. The van der Waals surface area contributed by atoms with Crippen molar-refractivity contribution in [1.82, 2.24) is 0 Å². The Labute approximate surface area is 139 Å². The van der Waals surface area contributed by atoms with Crippen LogP contribution in [0.15, 0.2) is 12.1 Å². The zero-order chi connectivity index (χ0) is 17.3. The van der Waals surface area contributed by atoms with Crippen molar-refractivity contribution in [2.24, 2.45) is 0 Å². The summed E-state index contributed by atoms with van der Waals surface area (Å²) in [7, 11) is -1.74. The first-order valence-electron chi connectivity index (χ1n) is 8.59. The van der Waals surface area contributed by atoms with Crippen LogP contribution in [0.5, 0.6) is 0 Å². The zero-order valence-corrected chi connectivity index (χ0v) is 15.5. The van der Waals surface area contributed by atoms with E-state index in [4.69, 9.17) is 4.43 Å². The molecule has 2 nitrogen and oxygen atoms in total. The minimum atomic E-state index is -1.74.